The molecule has 0 fully saturated rings. The summed E-state index contributed by atoms with van der Waals surface area (Å²) < 4.78 is 0. The van der Waals surface area contributed by atoms with E-state index >= 15 is 0 Å². The zero-order valence-corrected chi connectivity index (χ0v) is 9.12. The topological polar surface area (TPSA) is 37.3 Å². The van der Waals surface area contributed by atoms with Gasteiger partial charge in [-0.2, -0.15) is 0 Å². The molecule has 0 aliphatic rings. The third-order valence-corrected chi connectivity index (χ3v) is 1.94. The molecule has 80 valence electrons. The maximum absolute atomic E-state index is 10.8. The lowest BCUT2D eigenvalue weighted by Crippen LogP contribution is -2.00. The van der Waals surface area contributed by atoms with E-state index in [4.69, 9.17) is 5.11 Å². The average Bonchev–Trinajstić information content (AvgIpc) is 2.16. The first-order valence-corrected chi connectivity index (χ1v) is 5.29. The van der Waals surface area contributed by atoms with Gasteiger partial charge in [0.15, 0.2) is 0 Å². The first-order chi connectivity index (χ1) is 6.72. The number of carboxylic acid groups (broad SMARTS) is 1. The standard InChI is InChI=1S/C12H20O2/c1-3-5-7-8-10-11(12(13)14)9-6-4-2/h5,7,9H,3-4,6,8,10H2,1-2H3,(H,13,14)/b7-5?,11-9+. The molecule has 0 heterocycles. The van der Waals surface area contributed by atoms with Gasteiger partial charge < -0.3 is 5.11 Å². The first-order valence-electron chi connectivity index (χ1n) is 5.29. The van der Waals surface area contributed by atoms with Crippen molar-refractivity contribution in [2.75, 3.05) is 0 Å². The Morgan fingerprint density at radius 1 is 1.21 bits per heavy atom. The molecular formula is C12H20O2. The monoisotopic (exact) mass is 196 g/mol. The maximum atomic E-state index is 10.8. The molecule has 0 atom stereocenters. The molecule has 0 aromatic carbocycles. The molecule has 0 aromatic rings. The van der Waals surface area contributed by atoms with Gasteiger partial charge in [0, 0.05) is 5.57 Å². The first kappa shape index (κ1) is 12.9. The molecular weight excluding hydrogens is 176 g/mol. The van der Waals surface area contributed by atoms with Crippen LogP contribution in [0.3, 0.4) is 0 Å². The fourth-order valence-electron chi connectivity index (χ4n) is 1.14. The largest absolute Gasteiger partial charge is 0.478 e. The summed E-state index contributed by atoms with van der Waals surface area (Å²) in [4.78, 5) is 10.8. The van der Waals surface area contributed by atoms with Crippen LogP contribution in [0.4, 0.5) is 0 Å². The number of hydrogen-bond acceptors (Lipinski definition) is 1. The summed E-state index contributed by atoms with van der Waals surface area (Å²) >= 11 is 0. The van der Waals surface area contributed by atoms with Crippen molar-refractivity contribution >= 4 is 5.97 Å². The lowest BCUT2D eigenvalue weighted by molar-refractivity contribution is -0.132. The number of aliphatic carboxylic acids is 1. The third kappa shape index (κ3) is 6.46. The molecule has 0 saturated heterocycles. The lowest BCUT2D eigenvalue weighted by Gasteiger charge is -1.99. The molecule has 0 unspecified atom stereocenters. The second-order valence-corrected chi connectivity index (χ2v) is 3.24. The van der Waals surface area contributed by atoms with Crippen molar-refractivity contribution in [1.82, 2.24) is 0 Å². The maximum Gasteiger partial charge on any atom is 0.331 e. The highest BCUT2D eigenvalue weighted by Crippen LogP contribution is 2.08. The van der Waals surface area contributed by atoms with Crippen molar-refractivity contribution in [2.45, 2.75) is 46.0 Å². The van der Waals surface area contributed by atoms with E-state index in [1.807, 2.05) is 19.1 Å². The van der Waals surface area contributed by atoms with Crippen LogP contribution < -0.4 is 0 Å². The number of carbonyl (C=O) groups is 1. The molecule has 0 rings (SSSR count). The van der Waals surface area contributed by atoms with Gasteiger partial charge in [0.05, 0.1) is 0 Å². The minimum atomic E-state index is -0.775. The molecule has 0 saturated carbocycles. The van der Waals surface area contributed by atoms with Gasteiger partial charge >= 0.3 is 5.97 Å². The number of unbranched alkanes of at least 4 members (excludes halogenated alkanes) is 1. The summed E-state index contributed by atoms with van der Waals surface area (Å²) in [6, 6.07) is 0. The molecule has 2 heteroatoms. The van der Waals surface area contributed by atoms with Crippen LogP contribution in [0, 0.1) is 0 Å². The van der Waals surface area contributed by atoms with Crippen molar-refractivity contribution < 1.29 is 9.90 Å². The van der Waals surface area contributed by atoms with E-state index < -0.39 is 5.97 Å². The Balaban J connectivity index is 3.98. The van der Waals surface area contributed by atoms with E-state index in [-0.39, 0.29) is 0 Å². The smallest absolute Gasteiger partial charge is 0.331 e. The predicted molar refractivity (Wildman–Crippen MR) is 59.3 cm³/mol. The molecule has 0 radical (unpaired) electrons. The Morgan fingerprint density at radius 3 is 2.43 bits per heavy atom. The zero-order chi connectivity index (χ0) is 10.8. The Hall–Kier alpha value is -1.05. The van der Waals surface area contributed by atoms with Crippen molar-refractivity contribution in [3.8, 4) is 0 Å². The highest BCUT2D eigenvalue weighted by molar-refractivity contribution is 5.86. The molecule has 14 heavy (non-hydrogen) atoms. The van der Waals surface area contributed by atoms with Crippen LogP contribution in [0.15, 0.2) is 23.8 Å². The predicted octanol–water partition coefficient (Wildman–Crippen LogP) is 3.54. The van der Waals surface area contributed by atoms with E-state index in [1.54, 1.807) is 0 Å². The second kappa shape index (κ2) is 8.54. The fourth-order valence-corrected chi connectivity index (χ4v) is 1.14. The Morgan fingerprint density at radius 2 is 1.93 bits per heavy atom. The van der Waals surface area contributed by atoms with Crippen LogP contribution in [-0.2, 0) is 4.79 Å². The Bertz CT molecular complexity index is 214. The highest BCUT2D eigenvalue weighted by Gasteiger charge is 2.04. The summed E-state index contributed by atoms with van der Waals surface area (Å²) in [5.74, 6) is -0.775. The van der Waals surface area contributed by atoms with Crippen molar-refractivity contribution in [2.24, 2.45) is 0 Å². The molecule has 0 spiro atoms. The third-order valence-electron chi connectivity index (χ3n) is 1.94. The fraction of sp³-hybridized carbons (Fsp3) is 0.583. The SMILES string of the molecule is CCC=CCC/C(=C\CCC)C(=O)O. The van der Waals surface area contributed by atoms with E-state index in [2.05, 4.69) is 13.0 Å². The molecule has 0 bridgehead atoms. The van der Waals surface area contributed by atoms with Crippen molar-refractivity contribution in [1.29, 1.82) is 0 Å². The van der Waals surface area contributed by atoms with E-state index in [0.717, 1.165) is 25.7 Å². The van der Waals surface area contributed by atoms with Crippen LogP contribution >= 0.6 is 0 Å². The van der Waals surface area contributed by atoms with E-state index in [9.17, 15) is 4.79 Å². The van der Waals surface area contributed by atoms with Gasteiger partial charge in [-0.3, -0.25) is 0 Å². The number of rotatable bonds is 7. The van der Waals surface area contributed by atoms with Crippen molar-refractivity contribution in [3.63, 3.8) is 0 Å². The summed E-state index contributed by atoms with van der Waals surface area (Å²) in [6.07, 6.45) is 10.3. The van der Waals surface area contributed by atoms with Gasteiger partial charge in [0.2, 0.25) is 0 Å². The van der Waals surface area contributed by atoms with E-state index in [1.165, 1.54) is 0 Å². The normalized spacial score (nSPS) is 12.3. The number of carboxylic acids is 1. The van der Waals surface area contributed by atoms with Gasteiger partial charge in [-0.15, -0.1) is 0 Å². The van der Waals surface area contributed by atoms with Crippen molar-refractivity contribution in [3.05, 3.63) is 23.8 Å². The van der Waals surface area contributed by atoms with Gasteiger partial charge in [-0.1, -0.05) is 38.5 Å². The summed E-state index contributed by atoms with van der Waals surface area (Å²) in [5, 5.41) is 8.86. The van der Waals surface area contributed by atoms with E-state index in [0.29, 0.717) is 12.0 Å². The Labute approximate surface area is 86.3 Å². The Kier molecular flexibility index (Phi) is 7.90. The minimum Gasteiger partial charge on any atom is -0.478 e. The molecule has 2 nitrogen and oxygen atoms in total. The van der Waals surface area contributed by atoms with Gasteiger partial charge in [0.25, 0.3) is 0 Å². The van der Waals surface area contributed by atoms with Gasteiger partial charge in [-0.25, -0.2) is 4.79 Å². The summed E-state index contributed by atoms with van der Waals surface area (Å²) in [6.45, 7) is 4.12. The zero-order valence-electron chi connectivity index (χ0n) is 9.12. The van der Waals surface area contributed by atoms with Gasteiger partial charge in [0.1, 0.15) is 0 Å². The molecule has 0 aliphatic heterocycles. The van der Waals surface area contributed by atoms with Gasteiger partial charge in [-0.05, 0) is 25.7 Å². The molecule has 0 amide bonds. The number of allylic oxidation sites excluding steroid dienone is 3. The van der Waals surface area contributed by atoms with Crippen LogP contribution in [0.1, 0.15) is 46.0 Å². The van der Waals surface area contributed by atoms with Crippen LogP contribution in [0.25, 0.3) is 0 Å². The average molecular weight is 196 g/mol. The molecule has 1 N–H and O–H groups in total. The van der Waals surface area contributed by atoms with Crippen LogP contribution in [-0.4, -0.2) is 11.1 Å². The quantitative estimate of drug-likeness (QED) is 0.499. The van der Waals surface area contributed by atoms with Crippen LogP contribution in [0.2, 0.25) is 0 Å². The highest BCUT2D eigenvalue weighted by atomic mass is 16.4. The van der Waals surface area contributed by atoms with Crippen LogP contribution in [0.5, 0.6) is 0 Å². The lowest BCUT2D eigenvalue weighted by atomic mass is 10.1. The number of hydrogen-bond donors (Lipinski definition) is 1. The summed E-state index contributed by atoms with van der Waals surface area (Å²) in [5.41, 5.74) is 0.549. The second-order valence-electron chi connectivity index (χ2n) is 3.24. The summed E-state index contributed by atoms with van der Waals surface area (Å²) in [7, 11) is 0. The molecule has 0 aliphatic carbocycles. The molecule has 0 aromatic heterocycles. The minimum absolute atomic E-state index is 0.549.